The maximum Gasteiger partial charge on any atom is 0.335 e. The number of hydrogen-bond acceptors (Lipinski definition) is 3. The van der Waals surface area contributed by atoms with Gasteiger partial charge in [-0.15, -0.1) is 0 Å². The fourth-order valence-electron chi connectivity index (χ4n) is 1.66. The molecule has 0 aliphatic rings. The number of carboxylic acid groups (broad SMARTS) is 1. The maximum atomic E-state index is 11.1. The van der Waals surface area contributed by atoms with Crippen molar-refractivity contribution in [3.63, 3.8) is 0 Å². The van der Waals surface area contributed by atoms with E-state index >= 15 is 0 Å². The minimum absolute atomic E-state index is 0.250. The van der Waals surface area contributed by atoms with Crippen LogP contribution in [0.25, 0.3) is 0 Å². The zero-order valence-electron chi connectivity index (χ0n) is 10.4. The van der Waals surface area contributed by atoms with Gasteiger partial charge in [0.2, 0.25) is 0 Å². The molecule has 0 saturated carbocycles. The summed E-state index contributed by atoms with van der Waals surface area (Å²) in [5.41, 5.74) is 1.92. The summed E-state index contributed by atoms with van der Waals surface area (Å²) >= 11 is 2.22. The number of pyridine rings is 1. The number of aryl methyl sites for hydroxylation is 1. The van der Waals surface area contributed by atoms with E-state index < -0.39 is 5.97 Å². The molecule has 19 heavy (non-hydrogen) atoms. The molecule has 0 unspecified atom stereocenters. The number of carbonyl (C=O) groups is 1. The van der Waals surface area contributed by atoms with Gasteiger partial charge in [0.05, 0.1) is 11.3 Å². The van der Waals surface area contributed by atoms with E-state index in [2.05, 4.69) is 32.9 Å². The molecule has 0 aliphatic heterocycles. The quantitative estimate of drug-likeness (QED) is 0.809. The Hall–Kier alpha value is -1.63. The summed E-state index contributed by atoms with van der Waals surface area (Å²) in [4.78, 5) is 15.5. The predicted molar refractivity (Wildman–Crippen MR) is 83.0 cm³/mol. The molecular formula is C14H13IN2O2. The molecule has 0 radical (unpaired) electrons. The zero-order chi connectivity index (χ0) is 13.8. The third-order valence-electron chi connectivity index (χ3n) is 2.62. The number of aromatic carboxylic acids is 1. The van der Waals surface area contributed by atoms with E-state index in [0.29, 0.717) is 12.2 Å². The number of para-hydroxylation sites is 1. The van der Waals surface area contributed by atoms with Crippen molar-refractivity contribution in [3.8, 4) is 0 Å². The number of benzene rings is 1. The van der Waals surface area contributed by atoms with Crippen LogP contribution in [0.5, 0.6) is 0 Å². The lowest BCUT2D eigenvalue weighted by molar-refractivity contribution is 0.0696. The monoisotopic (exact) mass is 368 g/mol. The third kappa shape index (κ3) is 3.44. The van der Waals surface area contributed by atoms with Crippen molar-refractivity contribution in [2.24, 2.45) is 0 Å². The van der Waals surface area contributed by atoms with Crippen LogP contribution in [0.15, 0.2) is 36.4 Å². The number of halogens is 1. The summed E-state index contributed by atoms with van der Waals surface area (Å²) in [6, 6.07) is 10.9. The van der Waals surface area contributed by atoms with Crippen LogP contribution in [0, 0.1) is 3.57 Å². The SMILES string of the molecule is CCc1cc(C(=O)O)cc(Nc2ccccc2I)n1. The van der Waals surface area contributed by atoms with Crippen LogP contribution in [0.4, 0.5) is 11.5 Å². The lowest BCUT2D eigenvalue weighted by Gasteiger charge is -2.10. The van der Waals surface area contributed by atoms with Crippen LogP contribution in [0.1, 0.15) is 23.0 Å². The van der Waals surface area contributed by atoms with Gasteiger partial charge in [-0.2, -0.15) is 0 Å². The van der Waals surface area contributed by atoms with E-state index in [-0.39, 0.29) is 5.56 Å². The molecule has 0 bridgehead atoms. The summed E-state index contributed by atoms with van der Waals surface area (Å²) in [6.45, 7) is 1.95. The van der Waals surface area contributed by atoms with Crippen molar-refractivity contribution in [3.05, 3.63) is 51.2 Å². The standard InChI is InChI=1S/C14H13IN2O2/c1-2-10-7-9(14(18)19)8-13(16-10)17-12-6-4-3-5-11(12)15/h3-8H,2H2,1H3,(H,16,17)(H,18,19). The Kier molecular flexibility index (Phi) is 4.36. The molecule has 0 fully saturated rings. The van der Waals surface area contributed by atoms with Crippen LogP contribution in [-0.4, -0.2) is 16.1 Å². The zero-order valence-corrected chi connectivity index (χ0v) is 12.5. The average Bonchev–Trinajstić information content (AvgIpc) is 2.41. The molecule has 0 atom stereocenters. The molecule has 0 aliphatic carbocycles. The van der Waals surface area contributed by atoms with E-state index in [1.54, 1.807) is 12.1 Å². The second kappa shape index (κ2) is 6.01. The van der Waals surface area contributed by atoms with Gasteiger partial charge in [0.1, 0.15) is 5.82 Å². The maximum absolute atomic E-state index is 11.1. The van der Waals surface area contributed by atoms with Crippen LogP contribution >= 0.6 is 22.6 Å². The Morgan fingerprint density at radius 3 is 2.74 bits per heavy atom. The van der Waals surface area contributed by atoms with Crippen molar-refractivity contribution in [1.29, 1.82) is 0 Å². The van der Waals surface area contributed by atoms with Gasteiger partial charge >= 0.3 is 5.97 Å². The lowest BCUT2D eigenvalue weighted by Crippen LogP contribution is -2.03. The molecule has 2 aromatic rings. The second-order valence-electron chi connectivity index (χ2n) is 4.00. The topological polar surface area (TPSA) is 62.2 Å². The van der Waals surface area contributed by atoms with Gasteiger partial charge in [0, 0.05) is 9.26 Å². The van der Waals surface area contributed by atoms with Crippen LogP contribution in [-0.2, 0) is 6.42 Å². The molecule has 0 saturated heterocycles. The van der Waals surface area contributed by atoms with E-state index in [1.165, 1.54) is 0 Å². The molecule has 2 N–H and O–H groups in total. The Morgan fingerprint density at radius 1 is 1.37 bits per heavy atom. The molecule has 98 valence electrons. The van der Waals surface area contributed by atoms with Gasteiger partial charge < -0.3 is 10.4 Å². The predicted octanol–water partition coefficient (Wildman–Crippen LogP) is 3.69. The van der Waals surface area contributed by atoms with Gasteiger partial charge in [-0.3, -0.25) is 0 Å². The van der Waals surface area contributed by atoms with Crippen LogP contribution in [0.2, 0.25) is 0 Å². The fraction of sp³-hybridized carbons (Fsp3) is 0.143. The molecule has 0 amide bonds. The Bertz CT molecular complexity index is 614. The normalized spacial score (nSPS) is 10.2. The number of aromatic nitrogens is 1. The van der Waals surface area contributed by atoms with Gasteiger partial charge in [-0.25, -0.2) is 9.78 Å². The Morgan fingerprint density at radius 2 is 2.11 bits per heavy atom. The summed E-state index contributed by atoms with van der Waals surface area (Å²) < 4.78 is 1.06. The first-order chi connectivity index (χ1) is 9.10. The molecule has 5 heteroatoms. The number of hydrogen-bond donors (Lipinski definition) is 2. The second-order valence-corrected chi connectivity index (χ2v) is 5.16. The van der Waals surface area contributed by atoms with Gasteiger partial charge in [0.15, 0.2) is 0 Å². The Balaban J connectivity index is 2.37. The van der Waals surface area contributed by atoms with Crippen LogP contribution < -0.4 is 5.32 Å². The molecule has 0 spiro atoms. The highest BCUT2D eigenvalue weighted by molar-refractivity contribution is 14.1. The molecule has 4 nitrogen and oxygen atoms in total. The number of carboxylic acids is 1. The minimum Gasteiger partial charge on any atom is -0.478 e. The van der Waals surface area contributed by atoms with E-state index in [9.17, 15) is 4.79 Å². The Labute approximate surface area is 125 Å². The van der Waals surface area contributed by atoms with Gasteiger partial charge in [-0.05, 0) is 53.3 Å². The minimum atomic E-state index is -0.942. The summed E-state index contributed by atoms with van der Waals surface area (Å²) in [7, 11) is 0. The van der Waals surface area contributed by atoms with Crippen molar-refractivity contribution in [2.45, 2.75) is 13.3 Å². The van der Waals surface area contributed by atoms with Crippen molar-refractivity contribution in [2.75, 3.05) is 5.32 Å². The summed E-state index contributed by atoms with van der Waals surface area (Å²) in [5.74, 6) is -0.385. The molecule has 1 aromatic heterocycles. The van der Waals surface area contributed by atoms with Gasteiger partial charge in [0.25, 0.3) is 0 Å². The number of rotatable bonds is 4. The summed E-state index contributed by atoms with van der Waals surface area (Å²) in [5, 5.41) is 12.3. The summed E-state index contributed by atoms with van der Waals surface area (Å²) in [6.07, 6.45) is 0.696. The van der Waals surface area contributed by atoms with Crippen molar-refractivity contribution in [1.82, 2.24) is 4.98 Å². The van der Waals surface area contributed by atoms with Gasteiger partial charge in [-0.1, -0.05) is 19.1 Å². The van der Waals surface area contributed by atoms with Crippen LogP contribution in [0.3, 0.4) is 0 Å². The van der Waals surface area contributed by atoms with Crippen molar-refractivity contribution >= 4 is 40.1 Å². The van der Waals surface area contributed by atoms with Crippen molar-refractivity contribution < 1.29 is 9.90 Å². The smallest absolute Gasteiger partial charge is 0.335 e. The molecule has 1 aromatic carbocycles. The first-order valence-corrected chi connectivity index (χ1v) is 6.94. The number of nitrogens with zero attached hydrogens (tertiary/aromatic N) is 1. The average molecular weight is 368 g/mol. The largest absolute Gasteiger partial charge is 0.478 e. The van der Waals surface area contributed by atoms with E-state index in [0.717, 1.165) is 15.0 Å². The number of nitrogens with one attached hydrogen (secondary N) is 1. The number of anilines is 2. The first kappa shape index (κ1) is 13.8. The molecular weight excluding hydrogens is 355 g/mol. The molecule has 2 rings (SSSR count). The first-order valence-electron chi connectivity index (χ1n) is 5.86. The third-order valence-corrected chi connectivity index (χ3v) is 3.56. The van der Waals surface area contributed by atoms with E-state index in [4.69, 9.17) is 5.11 Å². The highest BCUT2D eigenvalue weighted by Gasteiger charge is 2.08. The van der Waals surface area contributed by atoms with E-state index in [1.807, 2.05) is 31.2 Å². The highest BCUT2D eigenvalue weighted by Crippen LogP contribution is 2.22. The molecule has 1 heterocycles. The lowest BCUT2D eigenvalue weighted by atomic mass is 10.2. The fourth-order valence-corrected chi connectivity index (χ4v) is 2.18. The highest BCUT2D eigenvalue weighted by atomic mass is 127.